The zero-order chi connectivity index (χ0) is 14.5. The molecular formula is C15H22N2O3. The van der Waals surface area contributed by atoms with E-state index in [0.717, 1.165) is 11.5 Å². The van der Waals surface area contributed by atoms with Crippen LogP contribution in [0, 0.1) is 16.0 Å². The van der Waals surface area contributed by atoms with Gasteiger partial charge in [-0.25, -0.2) is 0 Å². The summed E-state index contributed by atoms with van der Waals surface area (Å²) in [6.45, 7) is 2.79. The third kappa shape index (κ3) is 3.48. The fourth-order valence-electron chi connectivity index (χ4n) is 2.91. The Morgan fingerprint density at radius 3 is 2.75 bits per heavy atom. The van der Waals surface area contributed by atoms with Gasteiger partial charge in [-0.05, 0) is 31.7 Å². The van der Waals surface area contributed by atoms with Gasteiger partial charge in [-0.3, -0.25) is 10.1 Å². The van der Waals surface area contributed by atoms with Gasteiger partial charge in [0.05, 0.1) is 12.0 Å². The molecular weight excluding hydrogens is 256 g/mol. The van der Waals surface area contributed by atoms with Crippen LogP contribution in [-0.2, 0) is 6.54 Å². The molecule has 1 aliphatic rings. The van der Waals surface area contributed by atoms with Crippen molar-refractivity contribution in [3.05, 3.63) is 33.9 Å². The minimum Gasteiger partial charge on any atom is -0.496 e. The number of nitro benzene ring substituents is 1. The molecule has 0 aliphatic heterocycles. The minimum absolute atomic E-state index is 0.108. The maximum absolute atomic E-state index is 10.8. The minimum atomic E-state index is -0.372. The molecule has 1 atom stereocenters. The first-order chi connectivity index (χ1) is 9.61. The summed E-state index contributed by atoms with van der Waals surface area (Å²) in [6, 6.07) is 5.16. The first kappa shape index (κ1) is 14.8. The number of nitrogens with zero attached hydrogens (tertiary/aromatic N) is 1. The molecule has 0 aromatic heterocycles. The van der Waals surface area contributed by atoms with E-state index in [9.17, 15) is 10.1 Å². The van der Waals surface area contributed by atoms with E-state index in [1.54, 1.807) is 19.2 Å². The molecule has 1 saturated carbocycles. The first-order valence-electron chi connectivity index (χ1n) is 7.16. The van der Waals surface area contributed by atoms with Gasteiger partial charge in [-0.1, -0.05) is 12.8 Å². The molecule has 2 rings (SSSR count). The Balaban J connectivity index is 2.03. The van der Waals surface area contributed by atoms with Gasteiger partial charge >= 0.3 is 0 Å². The third-order valence-electron chi connectivity index (χ3n) is 4.20. The molecule has 1 aliphatic carbocycles. The number of nitro groups is 1. The van der Waals surface area contributed by atoms with Crippen molar-refractivity contribution < 1.29 is 9.66 Å². The van der Waals surface area contributed by atoms with Gasteiger partial charge in [0.15, 0.2) is 0 Å². The second kappa shape index (κ2) is 6.70. The predicted octanol–water partition coefficient (Wildman–Crippen LogP) is 3.27. The van der Waals surface area contributed by atoms with Crippen LogP contribution in [0.3, 0.4) is 0 Å². The van der Waals surface area contributed by atoms with Crippen LogP contribution in [0.25, 0.3) is 0 Å². The van der Waals surface area contributed by atoms with Gasteiger partial charge in [0.1, 0.15) is 5.75 Å². The first-order valence-corrected chi connectivity index (χ1v) is 7.16. The Morgan fingerprint density at radius 1 is 1.45 bits per heavy atom. The van der Waals surface area contributed by atoms with Gasteiger partial charge in [-0.15, -0.1) is 0 Å². The van der Waals surface area contributed by atoms with Gasteiger partial charge in [0.2, 0.25) is 0 Å². The average molecular weight is 278 g/mol. The Morgan fingerprint density at radius 2 is 2.15 bits per heavy atom. The zero-order valence-electron chi connectivity index (χ0n) is 12.1. The number of rotatable bonds is 6. The number of hydrogen-bond acceptors (Lipinski definition) is 4. The van der Waals surface area contributed by atoms with Gasteiger partial charge in [0, 0.05) is 30.3 Å². The van der Waals surface area contributed by atoms with E-state index in [1.807, 2.05) is 0 Å². The van der Waals surface area contributed by atoms with Crippen molar-refractivity contribution in [2.24, 2.45) is 5.92 Å². The number of ether oxygens (including phenoxy) is 1. The molecule has 20 heavy (non-hydrogen) atoms. The highest BCUT2D eigenvalue weighted by Crippen LogP contribution is 2.28. The Hall–Kier alpha value is -1.62. The molecule has 0 unspecified atom stereocenters. The Kier molecular flexibility index (Phi) is 4.95. The molecule has 0 radical (unpaired) electrons. The fraction of sp³-hybridized carbons (Fsp3) is 0.600. The molecule has 110 valence electrons. The molecule has 0 spiro atoms. The summed E-state index contributed by atoms with van der Waals surface area (Å²) in [6.07, 6.45) is 5.19. The SMILES string of the molecule is COc1ccc([N+](=O)[O-])cc1CN[C@H](C)C1CCCC1. The lowest BCUT2D eigenvalue weighted by atomic mass is 9.99. The maximum atomic E-state index is 10.8. The highest BCUT2D eigenvalue weighted by atomic mass is 16.6. The predicted molar refractivity (Wildman–Crippen MR) is 77.9 cm³/mol. The van der Waals surface area contributed by atoms with E-state index in [4.69, 9.17) is 4.74 Å². The quantitative estimate of drug-likeness (QED) is 0.640. The number of non-ortho nitro benzene ring substituents is 1. The smallest absolute Gasteiger partial charge is 0.270 e. The summed E-state index contributed by atoms with van der Waals surface area (Å²) in [5, 5.41) is 14.3. The molecule has 5 heteroatoms. The lowest BCUT2D eigenvalue weighted by molar-refractivity contribution is -0.384. The molecule has 0 saturated heterocycles. The van der Waals surface area contributed by atoms with E-state index < -0.39 is 0 Å². The van der Waals surface area contributed by atoms with Crippen LogP contribution in [0.15, 0.2) is 18.2 Å². The number of methoxy groups -OCH3 is 1. The summed E-state index contributed by atoms with van der Waals surface area (Å²) in [5.41, 5.74) is 0.947. The highest BCUT2D eigenvalue weighted by Gasteiger charge is 2.21. The van der Waals surface area contributed by atoms with Crippen molar-refractivity contribution >= 4 is 5.69 Å². The second-order valence-corrected chi connectivity index (χ2v) is 5.47. The van der Waals surface area contributed by atoms with E-state index >= 15 is 0 Å². The normalized spacial score (nSPS) is 17.1. The van der Waals surface area contributed by atoms with Crippen LogP contribution in [0.5, 0.6) is 5.75 Å². The van der Waals surface area contributed by atoms with Crippen molar-refractivity contribution in [1.29, 1.82) is 0 Å². The lowest BCUT2D eigenvalue weighted by Crippen LogP contribution is -2.31. The Bertz CT molecular complexity index is 470. The maximum Gasteiger partial charge on any atom is 0.270 e. The van der Waals surface area contributed by atoms with Crippen molar-refractivity contribution in [1.82, 2.24) is 5.32 Å². The highest BCUT2D eigenvalue weighted by molar-refractivity contribution is 5.43. The molecule has 1 fully saturated rings. The number of hydrogen-bond donors (Lipinski definition) is 1. The summed E-state index contributed by atoms with van der Waals surface area (Å²) in [7, 11) is 1.59. The van der Waals surface area contributed by atoms with Crippen molar-refractivity contribution in [2.75, 3.05) is 7.11 Å². The molecule has 0 bridgehead atoms. The van der Waals surface area contributed by atoms with Gasteiger partial charge in [-0.2, -0.15) is 0 Å². The molecule has 0 heterocycles. The summed E-state index contributed by atoms with van der Waals surface area (Å²) >= 11 is 0. The molecule has 1 aromatic carbocycles. The van der Waals surface area contributed by atoms with Crippen LogP contribution >= 0.6 is 0 Å². The topological polar surface area (TPSA) is 64.4 Å². The average Bonchev–Trinajstić information content (AvgIpc) is 2.98. The number of nitrogens with one attached hydrogen (secondary N) is 1. The molecule has 1 N–H and O–H groups in total. The molecule has 0 amide bonds. The van der Waals surface area contributed by atoms with Crippen LogP contribution < -0.4 is 10.1 Å². The fourth-order valence-corrected chi connectivity index (χ4v) is 2.91. The van der Waals surface area contributed by atoms with Crippen LogP contribution in [0.2, 0.25) is 0 Å². The second-order valence-electron chi connectivity index (χ2n) is 5.47. The lowest BCUT2D eigenvalue weighted by Gasteiger charge is -2.21. The van der Waals surface area contributed by atoms with Crippen molar-refractivity contribution in [2.45, 2.75) is 45.2 Å². The monoisotopic (exact) mass is 278 g/mol. The Labute approximate surface area is 119 Å². The van der Waals surface area contributed by atoms with Gasteiger partial charge < -0.3 is 10.1 Å². The molecule has 5 nitrogen and oxygen atoms in total. The largest absolute Gasteiger partial charge is 0.496 e. The van der Waals surface area contributed by atoms with Crippen LogP contribution in [-0.4, -0.2) is 18.1 Å². The van der Waals surface area contributed by atoms with E-state index in [1.165, 1.54) is 31.7 Å². The van der Waals surface area contributed by atoms with Crippen LogP contribution in [0.4, 0.5) is 5.69 Å². The van der Waals surface area contributed by atoms with Crippen LogP contribution in [0.1, 0.15) is 38.2 Å². The van der Waals surface area contributed by atoms with Crippen molar-refractivity contribution in [3.63, 3.8) is 0 Å². The summed E-state index contributed by atoms with van der Waals surface area (Å²) < 4.78 is 5.28. The number of benzene rings is 1. The zero-order valence-corrected chi connectivity index (χ0v) is 12.1. The van der Waals surface area contributed by atoms with E-state index in [2.05, 4.69) is 12.2 Å². The van der Waals surface area contributed by atoms with E-state index in [-0.39, 0.29) is 10.6 Å². The molecule has 1 aromatic rings. The van der Waals surface area contributed by atoms with E-state index in [0.29, 0.717) is 18.3 Å². The van der Waals surface area contributed by atoms with Gasteiger partial charge in [0.25, 0.3) is 5.69 Å². The summed E-state index contributed by atoms with van der Waals surface area (Å²) in [5.74, 6) is 1.42. The third-order valence-corrected chi connectivity index (χ3v) is 4.20. The van der Waals surface area contributed by atoms with Crippen molar-refractivity contribution in [3.8, 4) is 5.75 Å². The summed E-state index contributed by atoms with van der Waals surface area (Å²) in [4.78, 5) is 10.5. The standard InChI is InChI=1S/C15H22N2O3/c1-11(12-5-3-4-6-12)16-10-13-9-14(17(18)19)7-8-15(13)20-2/h7-9,11-12,16H,3-6,10H2,1-2H3/t11-/m1/s1.